The molecule has 4 rings (SSSR count). The van der Waals surface area contributed by atoms with Crippen molar-refractivity contribution in [3.8, 4) is 11.3 Å². The molecule has 0 atom stereocenters. The number of aryl methyl sites for hydroxylation is 2. The minimum absolute atomic E-state index is 0.00874. The second kappa shape index (κ2) is 10.1. The van der Waals surface area contributed by atoms with Crippen molar-refractivity contribution in [1.82, 2.24) is 14.5 Å². The highest BCUT2D eigenvalue weighted by atomic mass is 19.1. The van der Waals surface area contributed by atoms with Crippen molar-refractivity contribution in [2.45, 2.75) is 59.5 Å². The van der Waals surface area contributed by atoms with Gasteiger partial charge in [-0.1, -0.05) is 31.5 Å². The summed E-state index contributed by atoms with van der Waals surface area (Å²) in [5, 5.41) is 0. The minimum Gasteiger partial charge on any atom is -0.327 e. The lowest BCUT2D eigenvalue weighted by Gasteiger charge is -2.42. The molecular weight excluding hydrogens is 434 g/mol. The molecule has 1 amide bonds. The van der Waals surface area contributed by atoms with Crippen LogP contribution in [0.4, 0.5) is 8.78 Å². The van der Waals surface area contributed by atoms with Gasteiger partial charge in [0, 0.05) is 24.3 Å². The predicted molar refractivity (Wildman–Crippen MR) is 131 cm³/mol. The van der Waals surface area contributed by atoms with Gasteiger partial charge in [-0.25, -0.2) is 13.8 Å². The SMILES string of the molecule is Cc1cc(-c2nc3n(c2C(C)C)CCN(C(=O)CN)C3(C)C)ccc1F.Cc1ccc(F)cc1. The van der Waals surface area contributed by atoms with Crippen LogP contribution in [-0.2, 0) is 16.9 Å². The average molecular weight is 469 g/mol. The Morgan fingerprint density at radius 1 is 1.09 bits per heavy atom. The fourth-order valence-electron chi connectivity index (χ4n) is 4.43. The van der Waals surface area contributed by atoms with Crippen LogP contribution >= 0.6 is 0 Å². The number of hydrogen-bond acceptors (Lipinski definition) is 3. The number of nitrogens with two attached hydrogens (primary N) is 1. The molecule has 3 aromatic rings. The molecule has 0 saturated heterocycles. The molecule has 34 heavy (non-hydrogen) atoms. The molecule has 1 aliphatic heterocycles. The summed E-state index contributed by atoms with van der Waals surface area (Å²) in [5.41, 5.74) is 9.63. The van der Waals surface area contributed by atoms with Crippen molar-refractivity contribution >= 4 is 5.91 Å². The van der Waals surface area contributed by atoms with Crippen molar-refractivity contribution in [3.05, 3.63) is 76.7 Å². The molecule has 2 heterocycles. The molecule has 1 aliphatic rings. The van der Waals surface area contributed by atoms with Crippen LogP contribution in [0.5, 0.6) is 0 Å². The van der Waals surface area contributed by atoms with E-state index >= 15 is 0 Å². The maximum atomic E-state index is 13.7. The molecule has 5 nitrogen and oxygen atoms in total. The molecule has 0 aliphatic carbocycles. The summed E-state index contributed by atoms with van der Waals surface area (Å²) in [6.45, 7) is 13.2. The molecule has 0 fully saturated rings. The monoisotopic (exact) mass is 468 g/mol. The highest BCUT2D eigenvalue weighted by molar-refractivity contribution is 5.79. The molecule has 2 aromatic carbocycles. The Bertz CT molecular complexity index is 1150. The Labute approximate surface area is 200 Å². The lowest BCUT2D eigenvalue weighted by molar-refractivity contribution is -0.137. The van der Waals surface area contributed by atoms with E-state index in [0.717, 1.165) is 28.3 Å². The smallest absolute Gasteiger partial charge is 0.237 e. The molecule has 2 N–H and O–H groups in total. The number of imidazole rings is 1. The summed E-state index contributed by atoms with van der Waals surface area (Å²) in [6.07, 6.45) is 0. The summed E-state index contributed by atoms with van der Waals surface area (Å²) in [6, 6.07) is 11.5. The number of carbonyl (C=O) groups excluding carboxylic acids is 1. The van der Waals surface area contributed by atoms with Gasteiger partial charge in [-0.3, -0.25) is 4.79 Å². The van der Waals surface area contributed by atoms with Crippen LogP contribution in [0, 0.1) is 25.5 Å². The fraction of sp³-hybridized carbons (Fsp3) is 0.407. The molecule has 0 unspecified atom stereocenters. The number of fused-ring (bicyclic) bond motifs is 1. The summed E-state index contributed by atoms with van der Waals surface area (Å²) in [4.78, 5) is 19.0. The molecule has 1 aromatic heterocycles. The third kappa shape index (κ3) is 5.04. The second-order valence-corrected chi connectivity index (χ2v) is 9.54. The van der Waals surface area contributed by atoms with Crippen molar-refractivity contribution in [1.29, 1.82) is 0 Å². The van der Waals surface area contributed by atoms with Gasteiger partial charge < -0.3 is 15.2 Å². The first-order chi connectivity index (χ1) is 16.0. The van der Waals surface area contributed by atoms with Gasteiger partial charge in [0.05, 0.1) is 17.8 Å². The van der Waals surface area contributed by atoms with E-state index in [1.54, 1.807) is 30.0 Å². The van der Waals surface area contributed by atoms with Crippen molar-refractivity contribution < 1.29 is 13.6 Å². The van der Waals surface area contributed by atoms with Gasteiger partial charge in [0.2, 0.25) is 5.91 Å². The molecule has 0 bridgehead atoms. The number of aromatic nitrogens is 2. The standard InChI is InChI=1S/C20H27FN4O.C7H7F/c1-12(2)18-17(14-6-7-15(21)13(3)10-14)23-19-20(4,5)25(16(26)11-22)9-8-24(18)19;1-6-2-4-7(8)5-3-6/h6-7,10,12H,8-9,11,22H2,1-5H3;2-5H,1H3. The molecule has 0 spiro atoms. The zero-order chi connectivity index (χ0) is 25.2. The number of amides is 1. The van der Waals surface area contributed by atoms with Gasteiger partial charge in [-0.05, 0) is 69.5 Å². The van der Waals surface area contributed by atoms with E-state index in [1.807, 2.05) is 26.8 Å². The van der Waals surface area contributed by atoms with E-state index in [1.165, 1.54) is 18.2 Å². The zero-order valence-corrected chi connectivity index (χ0v) is 20.8. The van der Waals surface area contributed by atoms with Crippen LogP contribution < -0.4 is 5.73 Å². The van der Waals surface area contributed by atoms with Gasteiger partial charge >= 0.3 is 0 Å². The van der Waals surface area contributed by atoms with Gasteiger partial charge in [0.1, 0.15) is 17.5 Å². The first-order valence-electron chi connectivity index (χ1n) is 11.6. The lowest BCUT2D eigenvalue weighted by atomic mass is 9.98. The number of hydrogen-bond donors (Lipinski definition) is 1. The topological polar surface area (TPSA) is 64.2 Å². The normalized spacial score (nSPS) is 14.5. The van der Waals surface area contributed by atoms with Crippen molar-refractivity contribution in [2.24, 2.45) is 5.73 Å². The van der Waals surface area contributed by atoms with E-state index in [4.69, 9.17) is 10.7 Å². The van der Waals surface area contributed by atoms with Crippen LogP contribution in [0.1, 0.15) is 56.3 Å². The predicted octanol–water partition coefficient (Wildman–Crippen LogP) is 5.29. The molecule has 0 saturated carbocycles. The Kier molecular flexibility index (Phi) is 7.56. The first-order valence-corrected chi connectivity index (χ1v) is 11.6. The van der Waals surface area contributed by atoms with Crippen molar-refractivity contribution in [3.63, 3.8) is 0 Å². The summed E-state index contributed by atoms with van der Waals surface area (Å²) < 4.78 is 28.0. The fourth-order valence-corrected chi connectivity index (χ4v) is 4.43. The van der Waals surface area contributed by atoms with Crippen LogP contribution in [0.25, 0.3) is 11.3 Å². The number of rotatable bonds is 3. The lowest BCUT2D eigenvalue weighted by Crippen LogP contribution is -2.53. The van der Waals surface area contributed by atoms with Gasteiger partial charge in [0.25, 0.3) is 0 Å². The average Bonchev–Trinajstić information content (AvgIpc) is 3.19. The molecular formula is C27H34F2N4O. The summed E-state index contributed by atoms with van der Waals surface area (Å²) in [5.74, 6) is 0.643. The Balaban J connectivity index is 0.000000343. The Morgan fingerprint density at radius 3 is 2.26 bits per heavy atom. The highest BCUT2D eigenvalue weighted by Gasteiger charge is 2.41. The first kappa shape index (κ1) is 25.6. The maximum absolute atomic E-state index is 13.7. The summed E-state index contributed by atoms with van der Waals surface area (Å²) in [7, 11) is 0. The van der Waals surface area contributed by atoms with Crippen LogP contribution in [0.15, 0.2) is 42.5 Å². The number of carbonyl (C=O) groups is 1. The van der Waals surface area contributed by atoms with E-state index in [0.29, 0.717) is 18.7 Å². The van der Waals surface area contributed by atoms with Gasteiger partial charge in [-0.2, -0.15) is 0 Å². The highest BCUT2D eigenvalue weighted by Crippen LogP contribution is 2.38. The molecule has 182 valence electrons. The third-order valence-corrected chi connectivity index (χ3v) is 6.24. The quantitative estimate of drug-likeness (QED) is 0.568. The number of benzene rings is 2. The Hall–Kier alpha value is -3.06. The minimum atomic E-state index is -0.550. The Morgan fingerprint density at radius 2 is 1.74 bits per heavy atom. The van der Waals surface area contributed by atoms with Gasteiger partial charge in [-0.15, -0.1) is 0 Å². The van der Waals surface area contributed by atoms with Crippen LogP contribution in [0.3, 0.4) is 0 Å². The largest absolute Gasteiger partial charge is 0.327 e. The van der Waals surface area contributed by atoms with E-state index in [2.05, 4.69) is 18.4 Å². The number of halogens is 2. The maximum Gasteiger partial charge on any atom is 0.237 e. The zero-order valence-electron chi connectivity index (χ0n) is 20.8. The van der Waals surface area contributed by atoms with Gasteiger partial charge in [0.15, 0.2) is 0 Å². The third-order valence-electron chi connectivity index (χ3n) is 6.24. The van der Waals surface area contributed by atoms with E-state index < -0.39 is 5.54 Å². The van der Waals surface area contributed by atoms with E-state index in [-0.39, 0.29) is 30.0 Å². The van der Waals surface area contributed by atoms with Crippen LogP contribution in [-0.4, -0.2) is 33.4 Å². The summed E-state index contributed by atoms with van der Waals surface area (Å²) >= 11 is 0. The van der Waals surface area contributed by atoms with Crippen LogP contribution in [0.2, 0.25) is 0 Å². The molecule has 0 radical (unpaired) electrons. The number of nitrogens with zero attached hydrogens (tertiary/aromatic N) is 3. The van der Waals surface area contributed by atoms with Crippen molar-refractivity contribution in [2.75, 3.05) is 13.1 Å². The molecule has 7 heteroatoms. The van der Waals surface area contributed by atoms with E-state index in [9.17, 15) is 13.6 Å². The second-order valence-electron chi connectivity index (χ2n) is 9.54.